The zero-order chi connectivity index (χ0) is 51.8. The maximum absolute atomic E-state index is 13.4. The zero-order valence-corrected chi connectivity index (χ0v) is 40.2. The van der Waals surface area contributed by atoms with Crippen LogP contribution in [0.25, 0.3) is 0 Å². The number of benzene rings is 8. The summed E-state index contributed by atoms with van der Waals surface area (Å²) in [5.74, 6) is -1.95. The smallest absolute Gasteiger partial charge is 0.255 e. The van der Waals surface area contributed by atoms with Gasteiger partial charge in [0.05, 0.1) is 5.41 Å². The number of hydrogen-bond donors (Lipinski definition) is 4. The van der Waals surface area contributed by atoms with Crippen LogP contribution in [-0.4, -0.2) is 46.8 Å². The van der Waals surface area contributed by atoms with Crippen LogP contribution < -0.4 is 21.3 Å². The summed E-state index contributed by atoms with van der Waals surface area (Å²) < 4.78 is 0. The van der Waals surface area contributed by atoms with Gasteiger partial charge in [-0.25, -0.2) is 0 Å². The average Bonchev–Trinajstić information content (AvgIpc) is 3.40. The highest BCUT2D eigenvalue weighted by Crippen LogP contribution is 2.46. The van der Waals surface area contributed by atoms with Crippen LogP contribution in [0.2, 0.25) is 0 Å². The Morgan fingerprint density at radius 2 is 0.384 bits per heavy atom. The number of amides is 4. The lowest BCUT2D eigenvalue weighted by atomic mass is 9.65. The highest BCUT2D eigenvalue weighted by atomic mass is 16.2. The molecule has 0 bridgehead atoms. The minimum atomic E-state index is -1.15. The van der Waals surface area contributed by atoms with Gasteiger partial charge in [-0.05, 0) is 147 Å². The predicted octanol–water partition coefficient (Wildman–Crippen LogP) is 11.9. The molecule has 360 valence electrons. The van der Waals surface area contributed by atoms with Crippen molar-refractivity contribution in [2.45, 2.75) is 33.1 Å². The van der Waals surface area contributed by atoms with Crippen LogP contribution in [0.15, 0.2) is 194 Å². The van der Waals surface area contributed by atoms with Crippen molar-refractivity contribution in [1.82, 2.24) is 0 Å². The molecule has 0 unspecified atom stereocenters. The van der Waals surface area contributed by atoms with Crippen LogP contribution >= 0.6 is 0 Å². The fourth-order valence-corrected chi connectivity index (χ4v) is 8.45. The molecule has 4 N–H and O–H groups in total. The van der Waals surface area contributed by atoms with Gasteiger partial charge in [0, 0.05) is 67.3 Å². The molecular weight excluding hydrogens is 917 g/mol. The molecule has 0 heterocycles. The van der Waals surface area contributed by atoms with Gasteiger partial charge in [-0.15, -0.1) is 0 Å². The van der Waals surface area contributed by atoms with E-state index in [1.807, 2.05) is 48.5 Å². The minimum absolute atomic E-state index is 0.115. The van der Waals surface area contributed by atoms with Gasteiger partial charge < -0.3 is 21.3 Å². The van der Waals surface area contributed by atoms with Crippen molar-refractivity contribution < 1.29 is 38.4 Å². The second-order valence-corrected chi connectivity index (χ2v) is 17.4. The van der Waals surface area contributed by atoms with Crippen molar-refractivity contribution in [1.29, 1.82) is 0 Å². The molecule has 0 atom stereocenters. The Labute approximate surface area is 421 Å². The molecule has 8 aromatic carbocycles. The van der Waals surface area contributed by atoms with E-state index < -0.39 is 5.41 Å². The summed E-state index contributed by atoms with van der Waals surface area (Å²) in [6.07, 6.45) is 0. The van der Waals surface area contributed by atoms with Crippen LogP contribution in [0, 0.1) is 0 Å². The van der Waals surface area contributed by atoms with Gasteiger partial charge in [-0.2, -0.15) is 0 Å². The van der Waals surface area contributed by atoms with E-state index in [1.165, 1.54) is 27.7 Å². The van der Waals surface area contributed by atoms with Crippen LogP contribution in [0.1, 0.15) is 133 Å². The van der Waals surface area contributed by atoms with Gasteiger partial charge in [0.15, 0.2) is 23.1 Å². The Bertz CT molecular complexity index is 2940. The molecule has 0 aliphatic heterocycles. The third-order valence-corrected chi connectivity index (χ3v) is 12.5. The molecule has 0 saturated heterocycles. The molecular formula is C61H48N4O8. The molecule has 12 nitrogen and oxygen atoms in total. The molecule has 4 amide bonds. The molecule has 0 aliphatic carbocycles. The largest absolute Gasteiger partial charge is 0.322 e. The molecule has 0 aliphatic rings. The normalized spacial score (nSPS) is 10.9. The molecule has 0 fully saturated rings. The fourth-order valence-electron chi connectivity index (χ4n) is 8.45. The first-order valence-corrected chi connectivity index (χ1v) is 23.2. The summed E-state index contributed by atoms with van der Waals surface area (Å²) in [4.78, 5) is 101. The van der Waals surface area contributed by atoms with Crippen molar-refractivity contribution in [2.24, 2.45) is 0 Å². The van der Waals surface area contributed by atoms with E-state index in [0.29, 0.717) is 67.3 Å². The van der Waals surface area contributed by atoms with E-state index in [-0.39, 0.29) is 46.8 Å². The predicted molar refractivity (Wildman–Crippen MR) is 282 cm³/mol. The number of carbonyl (C=O) groups is 8. The molecule has 73 heavy (non-hydrogen) atoms. The van der Waals surface area contributed by atoms with E-state index in [1.54, 1.807) is 146 Å². The van der Waals surface area contributed by atoms with Gasteiger partial charge in [-0.1, -0.05) is 97.1 Å². The van der Waals surface area contributed by atoms with E-state index in [9.17, 15) is 38.4 Å². The Kier molecular flexibility index (Phi) is 14.7. The number of Topliss-reactive ketones (excluding diaryl/α,β-unsaturated/α-hetero) is 4. The first kappa shape index (κ1) is 49.7. The van der Waals surface area contributed by atoms with Crippen molar-refractivity contribution in [3.05, 3.63) is 261 Å². The van der Waals surface area contributed by atoms with Crippen molar-refractivity contribution in [3.63, 3.8) is 0 Å². The Morgan fingerprint density at radius 1 is 0.233 bits per heavy atom. The number of rotatable bonds is 16. The second-order valence-electron chi connectivity index (χ2n) is 17.4. The Balaban J connectivity index is 1.20. The van der Waals surface area contributed by atoms with E-state index in [0.717, 1.165) is 22.3 Å². The molecule has 12 heteroatoms. The highest BCUT2D eigenvalue weighted by molar-refractivity contribution is 6.08. The molecule has 8 aromatic rings. The van der Waals surface area contributed by atoms with E-state index >= 15 is 0 Å². The van der Waals surface area contributed by atoms with Gasteiger partial charge >= 0.3 is 0 Å². The summed E-state index contributed by atoms with van der Waals surface area (Å²) in [5.41, 5.74) is 7.26. The van der Waals surface area contributed by atoms with Crippen LogP contribution in [-0.2, 0) is 5.41 Å². The molecule has 0 spiro atoms. The number of ketones is 4. The molecule has 0 radical (unpaired) electrons. The maximum atomic E-state index is 13.4. The Morgan fingerprint density at radius 3 is 0.534 bits per heavy atom. The third-order valence-electron chi connectivity index (χ3n) is 12.5. The summed E-state index contributed by atoms with van der Waals surface area (Å²) in [6.45, 7) is 5.83. The van der Waals surface area contributed by atoms with Crippen LogP contribution in [0.4, 0.5) is 22.7 Å². The summed E-state index contributed by atoms with van der Waals surface area (Å²) >= 11 is 0. The quantitative estimate of drug-likeness (QED) is 0.0544. The van der Waals surface area contributed by atoms with E-state index in [2.05, 4.69) is 21.3 Å². The number of nitrogens with one attached hydrogen (secondary N) is 4. The molecule has 0 aromatic heterocycles. The molecule has 0 saturated carbocycles. The van der Waals surface area contributed by atoms with Gasteiger partial charge in [-0.3, -0.25) is 38.4 Å². The van der Waals surface area contributed by atoms with Gasteiger partial charge in [0.1, 0.15) is 0 Å². The second kappa shape index (κ2) is 21.5. The first-order chi connectivity index (χ1) is 35.1. The monoisotopic (exact) mass is 964 g/mol. The maximum Gasteiger partial charge on any atom is 0.255 e. The Hall–Kier alpha value is -9.68. The standard InChI is InChI=1S/C61H48N4O8/c1-37(66)41-5-13-45(14-6-41)57(70)62-53-29-21-49(22-30-53)61(50-23-31-54(32-24-50)63-58(71)46-15-7-42(8-16-46)38(2)67,51-25-33-55(34-26-51)64-59(72)47-17-9-43(10-18-47)39(3)68)52-27-35-56(36-28-52)65-60(73)48-19-11-44(12-20-48)40(4)69/h5-36H,1-4H3,(H,62,70)(H,63,71)(H,64,72)(H,65,73). The lowest BCUT2D eigenvalue weighted by molar-refractivity contribution is 0.100. The minimum Gasteiger partial charge on any atom is -0.322 e. The number of hydrogen-bond acceptors (Lipinski definition) is 8. The average molecular weight is 965 g/mol. The highest BCUT2D eigenvalue weighted by Gasteiger charge is 2.39. The first-order valence-electron chi connectivity index (χ1n) is 23.2. The van der Waals surface area contributed by atoms with Gasteiger partial charge in [0.25, 0.3) is 23.6 Å². The van der Waals surface area contributed by atoms with E-state index in [4.69, 9.17) is 0 Å². The van der Waals surface area contributed by atoms with Crippen molar-refractivity contribution in [2.75, 3.05) is 21.3 Å². The van der Waals surface area contributed by atoms with Crippen LogP contribution in [0.5, 0.6) is 0 Å². The summed E-state index contributed by atoms with van der Waals surface area (Å²) in [5, 5.41) is 11.8. The zero-order valence-electron chi connectivity index (χ0n) is 40.2. The van der Waals surface area contributed by atoms with Crippen molar-refractivity contribution in [3.8, 4) is 0 Å². The van der Waals surface area contributed by atoms with Gasteiger partial charge in [0.2, 0.25) is 0 Å². The SMILES string of the molecule is CC(=O)c1ccc(C(=O)Nc2ccc(C(c3ccc(NC(=O)c4ccc(C(C)=O)cc4)cc3)(c3ccc(NC(=O)c4ccc(C(C)=O)cc4)cc3)c3ccc(NC(=O)c4ccc(C(C)=O)cc4)cc3)cc2)cc1. The fraction of sp³-hybridized carbons (Fsp3) is 0.0820. The van der Waals surface area contributed by atoms with Crippen LogP contribution in [0.3, 0.4) is 0 Å². The topological polar surface area (TPSA) is 185 Å². The number of anilines is 4. The number of carbonyl (C=O) groups excluding carboxylic acids is 8. The summed E-state index contributed by atoms with van der Waals surface area (Å²) in [7, 11) is 0. The summed E-state index contributed by atoms with van der Waals surface area (Å²) in [6, 6.07) is 55.0. The third kappa shape index (κ3) is 11.2. The lowest BCUT2D eigenvalue weighted by Gasteiger charge is -2.37. The van der Waals surface area contributed by atoms with Crippen molar-refractivity contribution >= 4 is 69.5 Å². The molecule has 8 rings (SSSR count). The lowest BCUT2D eigenvalue weighted by Crippen LogP contribution is -2.31.